The molecule has 0 N–H and O–H groups in total. The SMILES string of the molecule is CC1(C)c2ccccc2N(c2ccc(C#N)cc2C#N)c2c1ccc1c2oc2ccccc21. The van der Waals surface area contributed by atoms with Crippen LogP contribution < -0.4 is 4.90 Å². The molecule has 0 spiro atoms. The summed E-state index contributed by atoms with van der Waals surface area (Å²) < 4.78 is 6.45. The summed E-state index contributed by atoms with van der Waals surface area (Å²) in [6.07, 6.45) is 0. The van der Waals surface area contributed by atoms with Gasteiger partial charge >= 0.3 is 0 Å². The highest BCUT2D eigenvalue weighted by Gasteiger charge is 2.39. The highest BCUT2D eigenvalue weighted by atomic mass is 16.3. The number of rotatable bonds is 1. The minimum atomic E-state index is -0.269. The van der Waals surface area contributed by atoms with Gasteiger partial charge in [-0.05, 0) is 41.5 Å². The summed E-state index contributed by atoms with van der Waals surface area (Å²) in [5.74, 6) is 0. The van der Waals surface area contributed by atoms with Gasteiger partial charge in [0, 0.05) is 16.2 Å². The molecule has 0 radical (unpaired) electrons. The first-order valence-electron chi connectivity index (χ1n) is 10.8. The Labute approximate surface area is 191 Å². The van der Waals surface area contributed by atoms with Crippen LogP contribution in [0.5, 0.6) is 0 Å². The van der Waals surface area contributed by atoms with E-state index in [-0.39, 0.29) is 5.41 Å². The second-order valence-electron chi connectivity index (χ2n) is 8.87. The summed E-state index contributed by atoms with van der Waals surface area (Å²) in [5, 5.41) is 21.5. The lowest BCUT2D eigenvalue weighted by molar-refractivity contribution is 0.623. The van der Waals surface area contributed by atoms with Gasteiger partial charge in [0.2, 0.25) is 0 Å². The summed E-state index contributed by atoms with van der Waals surface area (Å²) in [6.45, 7) is 4.45. The van der Waals surface area contributed by atoms with Gasteiger partial charge in [-0.1, -0.05) is 62.4 Å². The van der Waals surface area contributed by atoms with Crippen molar-refractivity contribution in [2.24, 2.45) is 0 Å². The second-order valence-corrected chi connectivity index (χ2v) is 8.87. The summed E-state index contributed by atoms with van der Waals surface area (Å²) in [6, 6.07) is 30.4. The van der Waals surface area contributed by atoms with Gasteiger partial charge in [-0.2, -0.15) is 10.5 Å². The maximum atomic E-state index is 9.99. The van der Waals surface area contributed by atoms with Crippen molar-refractivity contribution in [1.82, 2.24) is 0 Å². The molecule has 4 aromatic carbocycles. The molecule has 0 saturated carbocycles. The molecule has 1 aromatic heterocycles. The number of nitriles is 2. The van der Waals surface area contributed by atoms with Crippen molar-refractivity contribution in [2.75, 3.05) is 4.90 Å². The van der Waals surface area contributed by atoms with Crippen LogP contribution in [-0.4, -0.2) is 0 Å². The molecule has 0 saturated heterocycles. The number of nitrogens with zero attached hydrogens (tertiary/aromatic N) is 3. The molecule has 0 aliphatic carbocycles. The molecule has 0 fully saturated rings. The van der Waals surface area contributed by atoms with Crippen molar-refractivity contribution >= 4 is 39.0 Å². The van der Waals surface area contributed by atoms with Crippen LogP contribution in [0.2, 0.25) is 0 Å². The molecule has 4 nitrogen and oxygen atoms in total. The van der Waals surface area contributed by atoms with E-state index >= 15 is 0 Å². The van der Waals surface area contributed by atoms with Crippen molar-refractivity contribution in [3.05, 3.63) is 101 Å². The lowest BCUT2D eigenvalue weighted by Crippen LogP contribution is -2.31. The van der Waals surface area contributed by atoms with E-state index in [2.05, 4.69) is 61.2 Å². The van der Waals surface area contributed by atoms with Crippen LogP contribution in [-0.2, 0) is 5.41 Å². The van der Waals surface area contributed by atoms with Gasteiger partial charge in [0.15, 0.2) is 5.58 Å². The van der Waals surface area contributed by atoms with Gasteiger partial charge in [-0.15, -0.1) is 0 Å². The van der Waals surface area contributed by atoms with Gasteiger partial charge < -0.3 is 9.32 Å². The Hall–Kier alpha value is -4.54. The topological polar surface area (TPSA) is 64.0 Å². The van der Waals surface area contributed by atoms with Crippen LogP contribution in [0.4, 0.5) is 17.1 Å². The Morgan fingerprint density at radius 3 is 2.36 bits per heavy atom. The van der Waals surface area contributed by atoms with Crippen LogP contribution in [0.1, 0.15) is 36.1 Å². The van der Waals surface area contributed by atoms with Crippen molar-refractivity contribution in [3.8, 4) is 12.1 Å². The van der Waals surface area contributed by atoms with E-state index in [0.717, 1.165) is 44.6 Å². The molecule has 0 unspecified atom stereocenters. The molecule has 4 heteroatoms. The van der Waals surface area contributed by atoms with Crippen LogP contribution in [0.3, 0.4) is 0 Å². The summed E-state index contributed by atoms with van der Waals surface area (Å²) in [4.78, 5) is 2.13. The first-order valence-corrected chi connectivity index (χ1v) is 10.8. The fourth-order valence-corrected chi connectivity index (χ4v) is 5.10. The summed E-state index contributed by atoms with van der Waals surface area (Å²) in [5.41, 5.74) is 7.23. The smallest absolute Gasteiger partial charge is 0.159 e. The van der Waals surface area contributed by atoms with E-state index in [0.29, 0.717) is 11.1 Å². The van der Waals surface area contributed by atoms with Crippen LogP contribution in [0.25, 0.3) is 21.9 Å². The maximum absolute atomic E-state index is 9.99. The highest BCUT2D eigenvalue weighted by molar-refractivity contribution is 6.12. The Kier molecular flexibility index (Phi) is 3.91. The van der Waals surface area contributed by atoms with Crippen molar-refractivity contribution in [3.63, 3.8) is 0 Å². The molecule has 0 atom stereocenters. The van der Waals surface area contributed by atoms with E-state index in [1.165, 1.54) is 5.56 Å². The Morgan fingerprint density at radius 1 is 0.758 bits per heavy atom. The van der Waals surface area contributed by atoms with Crippen molar-refractivity contribution < 1.29 is 4.42 Å². The van der Waals surface area contributed by atoms with Crippen LogP contribution >= 0.6 is 0 Å². The number of para-hydroxylation sites is 2. The normalized spacial score (nSPS) is 13.9. The molecular formula is C29H19N3O. The zero-order valence-corrected chi connectivity index (χ0v) is 18.3. The number of hydrogen-bond donors (Lipinski definition) is 0. The molecule has 0 bridgehead atoms. The summed E-state index contributed by atoms with van der Waals surface area (Å²) >= 11 is 0. The fraction of sp³-hybridized carbons (Fsp3) is 0.103. The molecule has 6 rings (SSSR count). The zero-order valence-electron chi connectivity index (χ0n) is 18.3. The van der Waals surface area contributed by atoms with Gasteiger partial charge in [0.25, 0.3) is 0 Å². The maximum Gasteiger partial charge on any atom is 0.159 e. The Morgan fingerprint density at radius 2 is 1.55 bits per heavy atom. The van der Waals surface area contributed by atoms with Gasteiger partial charge in [-0.3, -0.25) is 0 Å². The largest absolute Gasteiger partial charge is 0.454 e. The molecule has 156 valence electrons. The first-order chi connectivity index (χ1) is 16.0. The highest BCUT2D eigenvalue weighted by Crippen LogP contribution is 2.55. The molecule has 1 aliphatic heterocycles. The van der Waals surface area contributed by atoms with Gasteiger partial charge in [-0.25, -0.2) is 0 Å². The predicted molar refractivity (Wildman–Crippen MR) is 130 cm³/mol. The van der Waals surface area contributed by atoms with Crippen LogP contribution in [0, 0.1) is 22.7 Å². The Balaban J connectivity index is 1.78. The Bertz CT molecular complexity index is 1680. The molecule has 0 amide bonds. The van der Waals surface area contributed by atoms with Gasteiger partial charge in [0.1, 0.15) is 11.7 Å². The first kappa shape index (κ1) is 19.2. The van der Waals surface area contributed by atoms with E-state index in [1.807, 2.05) is 36.4 Å². The number of furan rings is 1. The minimum absolute atomic E-state index is 0.269. The predicted octanol–water partition coefficient (Wildman–Crippen LogP) is 7.44. The third kappa shape index (κ3) is 2.56. The number of fused-ring (bicyclic) bond motifs is 6. The average Bonchev–Trinajstić information content (AvgIpc) is 3.23. The number of anilines is 3. The molecule has 5 aromatic rings. The lowest BCUT2D eigenvalue weighted by Gasteiger charge is -2.42. The standard InChI is InChI=1S/C29H19N3O/c1-29(2)22-8-4-5-9-25(22)32(24-14-11-18(16-30)15-19(24)17-31)27-23(29)13-12-21-20-7-3-6-10-26(20)33-28(21)27/h3-15H,1-2H3. The molecular weight excluding hydrogens is 406 g/mol. The van der Waals surface area contributed by atoms with E-state index < -0.39 is 0 Å². The quantitative estimate of drug-likeness (QED) is 0.280. The second kappa shape index (κ2) is 6.73. The molecule has 33 heavy (non-hydrogen) atoms. The van der Waals surface area contributed by atoms with E-state index in [9.17, 15) is 10.5 Å². The minimum Gasteiger partial charge on any atom is -0.454 e. The number of benzene rings is 4. The molecule has 1 aliphatic rings. The summed E-state index contributed by atoms with van der Waals surface area (Å²) in [7, 11) is 0. The van der Waals surface area contributed by atoms with E-state index in [4.69, 9.17) is 4.42 Å². The molecule has 2 heterocycles. The third-order valence-corrected chi connectivity index (χ3v) is 6.72. The average molecular weight is 425 g/mol. The van der Waals surface area contributed by atoms with Crippen molar-refractivity contribution in [1.29, 1.82) is 10.5 Å². The zero-order chi connectivity index (χ0) is 22.7. The van der Waals surface area contributed by atoms with Crippen LogP contribution in [0.15, 0.2) is 83.3 Å². The third-order valence-electron chi connectivity index (χ3n) is 6.72. The number of hydrogen-bond acceptors (Lipinski definition) is 4. The lowest BCUT2D eigenvalue weighted by atomic mass is 9.73. The van der Waals surface area contributed by atoms with E-state index in [1.54, 1.807) is 12.1 Å². The van der Waals surface area contributed by atoms with Gasteiger partial charge in [0.05, 0.1) is 34.3 Å². The monoisotopic (exact) mass is 425 g/mol. The fourth-order valence-electron chi connectivity index (χ4n) is 5.10. The van der Waals surface area contributed by atoms with Crippen molar-refractivity contribution in [2.45, 2.75) is 19.3 Å².